The molecule has 0 N–H and O–H groups in total. The number of benzene rings is 1. The molecule has 1 aliphatic carbocycles. The van der Waals surface area contributed by atoms with E-state index in [2.05, 4.69) is 0 Å². The van der Waals surface area contributed by atoms with Crippen LogP contribution < -0.4 is 0 Å². The molecule has 0 saturated carbocycles. The number of hydrogen-bond acceptors (Lipinski definition) is 2. The number of rotatable bonds is 1. The highest BCUT2D eigenvalue weighted by Crippen LogP contribution is 2.39. The second kappa shape index (κ2) is 3.77. The molecule has 17 heavy (non-hydrogen) atoms. The molecule has 86 valence electrons. The molecule has 3 rings (SSSR count). The standard InChI is InChI=1S/C14H11FOS/c1-8(16)13-7-10-3-2-9-6-11(15)4-5-12(9)14(10)17-13/h4-7H,2-3H2,1H3. The summed E-state index contributed by atoms with van der Waals surface area (Å²) in [4.78, 5) is 13.3. The zero-order chi connectivity index (χ0) is 12.0. The molecule has 0 amide bonds. The molecule has 1 nitrogen and oxygen atoms in total. The van der Waals surface area contributed by atoms with Crippen LogP contribution in [0.3, 0.4) is 0 Å². The van der Waals surface area contributed by atoms with Crippen molar-refractivity contribution in [2.24, 2.45) is 0 Å². The number of carbonyl (C=O) groups is 1. The van der Waals surface area contributed by atoms with Crippen LogP contribution in [-0.4, -0.2) is 5.78 Å². The Balaban J connectivity index is 2.19. The van der Waals surface area contributed by atoms with Crippen LogP contribution in [0.15, 0.2) is 24.3 Å². The monoisotopic (exact) mass is 246 g/mol. The van der Waals surface area contributed by atoms with E-state index in [9.17, 15) is 9.18 Å². The van der Waals surface area contributed by atoms with Crippen LogP contribution in [0.5, 0.6) is 0 Å². The largest absolute Gasteiger partial charge is 0.294 e. The average Bonchev–Trinajstić information content (AvgIpc) is 2.72. The zero-order valence-corrected chi connectivity index (χ0v) is 10.2. The zero-order valence-electron chi connectivity index (χ0n) is 9.42. The topological polar surface area (TPSA) is 17.1 Å². The van der Waals surface area contributed by atoms with Gasteiger partial charge in [-0.3, -0.25) is 4.79 Å². The third-order valence-electron chi connectivity index (χ3n) is 3.13. The molecular weight excluding hydrogens is 235 g/mol. The van der Waals surface area contributed by atoms with Crippen molar-refractivity contribution >= 4 is 17.1 Å². The summed E-state index contributed by atoms with van der Waals surface area (Å²) in [5, 5.41) is 0. The lowest BCUT2D eigenvalue weighted by atomic mass is 9.91. The van der Waals surface area contributed by atoms with E-state index in [1.54, 1.807) is 13.0 Å². The summed E-state index contributed by atoms with van der Waals surface area (Å²) in [5.41, 5.74) is 3.36. The van der Waals surface area contributed by atoms with Gasteiger partial charge in [0.1, 0.15) is 5.82 Å². The number of Topliss-reactive ketones (excluding diaryl/α,β-unsaturated/α-hetero) is 1. The van der Waals surface area contributed by atoms with Gasteiger partial charge in [-0.25, -0.2) is 4.39 Å². The summed E-state index contributed by atoms with van der Waals surface area (Å²) in [6.45, 7) is 1.59. The summed E-state index contributed by atoms with van der Waals surface area (Å²) < 4.78 is 13.2. The molecule has 0 fully saturated rings. The third-order valence-corrected chi connectivity index (χ3v) is 4.44. The number of fused-ring (bicyclic) bond motifs is 3. The molecule has 0 spiro atoms. The molecule has 0 unspecified atom stereocenters. The van der Waals surface area contributed by atoms with Gasteiger partial charge in [0.05, 0.1) is 4.88 Å². The van der Waals surface area contributed by atoms with E-state index in [4.69, 9.17) is 0 Å². The third kappa shape index (κ3) is 1.71. The highest BCUT2D eigenvalue weighted by Gasteiger charge is 2.20. The SMILES string of the molecule is CC(=O)c1cc2c(s1)-c1ccc(F)cc1CC2. The molecule has 0 aliphatic heterocycles. The minimum absolute atomic E-state index is 0.105. The fourth-order valence-electron chi connectivity index (χ4n) is 2.28. The van der Waals surface area contributed by atoms with Gasteiger partial charge >= 0.3 is 0 Å². The number of thiophene rings is 1. The molecule has 3 heteroatoms. The maximum Gasteiger partial charge on any atom is 0.169 e. The molecule has 0 bridgehead atoms. The Morgan fingerprint density at radius 1 is 1.24 bits per heavy atom. The quantitative estimate of drug-likeness (QED) is 0.698. The molecule has 2 aromatic rings. The van der Waals surface area contributed by atoms with E-state index in [0.717, 1.165) is 33.7 Å². The van der Waals surface area contributed by atoms with Crippen LogP contribution >= 0.6 is 11.3 Å². The molecule has 1 heterocycles. The normalized spacial score (nSPS) is 13.1. The van der Waals surface area contributed by atoms with Crippen molar-refractivity contribution in [2.45, 2.75) is 19.8 Å². The predicted molar refractivity (Wildman–Crippen MR) is 67.1 cm³/mol. The Morgan fingerprint density at radius 3 is 2.76 bits per heavy atom. The minimum atomic E-state index is -0.185. The van der Waals surface area contributed by atoms with Gasteiger partial charge in [-0.2, -0.15) is 0 Å². The first-order chi connectivity index (χ1) is 8.15. The van der Waals surface area contributed by atoms with Crippen LogP contribution in [0.1, 0.15) is 27.7 Å². The summed E-state index contributed by atoms with van der Waals surface area (Å²) in [7, 11) is 0. The van der Waals surface area contributed by atoms with Gasteiger partial charge in [0.2, 0.25) is 0 Å². The molecule has 0 radical (unpaired) electrons. The van der Waals surface area contributed by atoms with Crippen LogP contribution in [0.25, 0.3) is 10.4 Å². The van der Waals surface area contributed by atoms with Crippen molar-refractivity contribution in [1.29, 1.82) is 0 Å². The Hall–Kier alpha value is -1.48. The van der Waals surface area contributed by atoms with E-state index in [1.807, 2.05) is 12.1 Å². The first-order valence-corrected chi connectivity index (χ1v) is 6.39. The first-order valence-electron chi connectivity index (χ1n) is 5.57. The maximum absolute atomic E-state index is 13.2. The minimum Gasteiger partial charge on any atom is -0.294 e. The van der Waals surface area contributed by atoms with E-state index in [1.165, 1.54) is 23.0 Å². The van der Waals surface area contributed by atoms with Crippen LogP contribution in [0, 0.1) is 5.82 Å². The number of carbonyl (C=O) groups excluding carboxylic acids is 1. The van der Waals surface area contributed by atoms with Crippen molar-refractivity contribution in [3.05, 3.63) is 46.1 Å². The highest BCUT2D eigenvalue weighted by atomic mass is 32.1. The molecule has 0 saturated heterocycles. The van der Waals surface area contributed by atoms with Crippen molar-refractivity contribution in [1.82, 2.24) is 0 Å². The highest BCUT2D eigenvalue weighted by molar-refractivity contribution is 7.17. The molecule has 1 aromatic heterocycles. The van der Waals surface area contributed by atoms with Gasteiger partial charge in [-0.1, -0.05) is 6.07 Å². The van der Waals surface area contributed by atoms with Gasteiger partial charge in [-0.15, -0.1) is 11.3 Å². The Kier molecular flexibility index (Phi) is 2.37. The lowest BCUT2D eigenvalue weighted by Gasteiger charge is -2.15. The van der Waals surface area contributed by atoms with Crippen LogP contribution in [-0.2, 0) is 12.8 Å². The van der Waals surface area contributed by atoms with Crippen molar-refractivity contribution in [2.75, 3.05) is 0 Å². The predicted octanol–water partition coefficient (Wildman–Crippen LogP) is 3.86. The van der Waals surface area contributed by atoms with Crippen molar-refractivity contribution in [3.8, 4) is 10.4 Å². The van der Waals surface area contributed by atoms with Gasteiger partial charge in [-0.05, 0) is 54.7 Å². The van der Waals surface area contributed by atoms with Crippen molar-refractivity contribution in [3.63, 3.8) is 0 Å². The second-order valence-corrected chi connectivity index (χ2v) is 5.37. The number of ketones is 1. The Bertz CT molecular complexity index is 613. The van der Waals surface area contributed by atoms with Gasteiger partial charge in [0.25, 0.3) is 0 Å². The van der Waals surface area contributed by atoms with E-state index in [-0.39, 0.29) is 11.6 Å². The van der Waals surface area contributed by atoms with Gasteiger partial charge in [0.15, 0.2) is 5.78 Å². The summed E-state index contributed by atoms with van der Waals surface area (Å²) in [6.07, 6.45) is 1.75. The average molecular weight is 246 g/mol. The fraction of sp³-hybridized carbons (Fsp3) is 0.214. The fourth-order valence-corrected chi connectivity index (χ4v) is 3.44. The van der Waals surface area contributed by atoms with E-state index >= 15 is 0 Å². The lowest BCUT2D eigenvalue weighted by Crippen LogP contribution is -2.01. The summed E-state index contributed by atoms with van der Waals surface area (Å²) >= 11 is 1.52. The van der Waals surface area contributed by atoms with Crippen molar-refractivity contribution < 1.29 is 9.18 Å². The second-order valence-electron chi connectivity index (χ2n) is 4.32. The maximum atomic E-state index is 13.2. The Labute approximate surface area is 103 Å². The summed E-state index contributed by atoms with van der Waals surface area (Å²) in [5.74, 6) is -0.0800. The molecule has 1 aliphatic rings. The number of aryl methyl sites for hydroxylation is 2. The van der Waals surface area contributed by atoms with E-state index < -0.39 is 0 Å². The Morgan fingerprint density at radius 2 is 2.00 bits per heavy atom. The smallest absolute Gasteiger partial charge is 0.169 e. The van der Waals surface area contributed by atoms with Crippen LogP contribution in [0.2, 0.25) is 0 Å². The number of hydrogen-bond donors (Lipinski definition) is 0. The van der Waals surface area contributed by atoms with Gasteiger partial charge in [0, 0.05) is 4.88 Å². The van der Waals surface area contributed by atoms with Crippen LogP contribution in [0.4, 0.5) is 4.39 Å². The van der Waals surface area contributed by atoms with E-state index in [0.29, 0.717) is 0 Å². The molecule has 1 aromatic carbocycles. The number of halogens is 1. The molecule has 0 atom stereocenters. The first kappa shape index (κ1) is 10.7. The van der Waals surface area contributed by atoms with Gasteiger partial charge < -0.3 is 0 Å². The summed E-state index contributed by atoms with van der Waals surface area (Å²) in [6, 6.07) is 6.89. The lowest BCUT2D eigenvalue weighted by molar-refractivity contribution is 0.102. The molecular formula is C14H11FOS.